The van der Waals surface area contributed by atoms with Crippen molar-refractivity contribution in [2.24, 2.45) is 5.92 Å². The fourth-order valence-electron chi connectivity index (χ4n) is 3.09. The minimum absolute atomic E-state index is 0.0892. The lowest BCUT2D eigenvalue weighted by atomic mass is 9.97. The van der Waals surface area contributed by atoms with Gasteiger partial charge in [0.1, 0.15) is 0 Å². The van der Waals surface area contributed by atoms with Crippen molar-refractivity contribution >= 4 is 23.4 Å². The standard InChI is InChI=1S/C18H21ClN4O2/c19-16-6-2-1-5-15(16)18(25)21-9-13-4-3-7-23(11-13)17(24)8-14-10-20-12-22-14/h1-2,5-6,10,12-13H,3-4,7-9,11H2,(H,20,22)(H,21,25)/t13-/m1/s1. The van der Waals surface area contributed by atoms with E-state index in [1.54, 1.807) is 36.8 Å². The molecule has 3 rings (SSSR count). The number of nitrogens with zero attached hydrogens (tertiary/aromatic N) is 2. The van der Waals surface area contributed by atoms with E-state index in [9.17, 15) is 9.59 Å². The number of H-pyrrole nitrogens is 1. The van der Waals surface area contributed by atoms with Crippen molar-refractivity contribution in [3.8, 4) is 0 Å². The minimum atomic E-state index is -0.175. The highest BCUT2D eigenvalue weighted by atomic mass is 35.5. The zero-order valence-electron chi connectivity index (χ0n) is 13.9. The molecule has 0 radical (unpaired) electrons. The molecule has 2 heterocycles. The molecule has 0 unspecified atom stereocenters. The number of hydrogen-bond donors (Lipinski definition) is 2. The van der Waals surface area contributed by atoms with Crippen molar-refractivity contribution in [3.05, 3.63) is 53.1 Å². The molecule has 1 aliphatic rings. The van der Waals surface area contributed by atoms with Crippen LogP contribution in [0.5, 0.6) is 0 Å². The van der Waals surface area contributed by atoms with Crippen molar-refractivity contribution in [1.82, 2.24) is 20.2 Å². The molecule has 2 aromatic rings. The molecule has 132 valence electrons. The van der Waals surface area contributed by atoms with Gasteiger partial charge in [-0.05, 0) is 30.9 Å². The molecule has 7 heteroatoms. The second-order valence-corrected chi connectivity index (χ2v) is 6.70. The quantitative estimate of drug-likeness (QED) is 0.858. The van der Waals surface area contributed by atoms with Gasteiger partial charge in [-0.15, -0.1) is 0 Å². The molecule has 1 aliphatic heterocycles. The van der Waals surface area contributed by atoms with E-state index in [-0.39, 0.29) is 17.7 Å². The summed E-state index contributed by atoms with van der Waals surface area (Å²) in [5.74, 6) is 0.170. The number of halogens is 1. The highest BCUT2D eigenvalue weighted by Gasteiger charge is 2.24. The summed E-state index contributed by atoms with van der Waals surface area (Å²) in [7, 11) is 0. The molecule has 1 fully saturated rings. The smallest absolute Gasteiger partial charge is 0.252 e. The maximum Gasteiger partial charge on any atom is 0.252 e. The maximum atomic E-state index is 12.4. The number of imidazole rings is 1. The second-order valence-electron chi connectivity index (χ2n) is 6.29. The van der Waals surface area contributed by atoms with Crippen LogP contribution in [0.2, 0.25) is 5.02 Å². The van der Waals surface area contributed by atoms with E-state index < -0.39 is 0 Å². The molecule has 25 heavy (non-hydrogen) atoms. The van der Waals surface area contributed by atoms with Crippen LogP contribution in [0, 0.1) is 5.92 Å². The first-order chi connectivity index (χ1) is 12.1. The molecule has 1 aromatic carbocycles. The Morgan fingerprint density at radius 2 is 2.20 bits per heavy atom. The molecular formula is C18H21ClN4O2. The van der Waals surface area contributed by atoms with Gasteiger partial charge in [0.25, 0.3) is 5.91 Å². The summed E-state index contributed by atoms with van der Waals surface area (Å²) in [6.45, 7) is 1.97. The van der Waals surface area contributed by atoms with Gasteiger partial charge in [0.15, 0.2) is 0 Å². The molecule has 1 saturated heterocycles. The summed E-state index contributed by atoms with van der Waals surface area (Å²) < 4.78 is 0. The number of piperidine rings is 1. The zero-order chi connectivity index (χ0) is 17.6. The zero-order valence-corrected chi connectivity index (χ0v) is 14.6. The molecular weight excluding hydrogens is 340 g/mol. The van der Waals surface area contributed by atoms with Gasteiger partial charge in [0.2, 0.25) is 5.91 Å². The first-order valence-corrected chi connectivity index (χ1v) is 8.79. The SMILES string of the molecule is O=C(NC[C@H]1CCCN(C(=O)Cc2cnc[nH]2)C1)c1ccccc1Cl. The van der Waals surface area contributed by atoms with Gasteiger partial charge >= 0.3 is 0 Å². The molecule has 1 aromatic heterocycles. The third kappa shape index (κ3) is 4.60. The monoisotopic (exact) mass is 360 g/mol. The first-order valence-electron chi connectivity index (χ1n) is 8.41. The number of hydrogen-bond acceptors (Lipinski definition) is 3. The number of amides is 2. The van der Waals surface area contributed by atoms with E-state index in [1.165, 1.54) is 0 Å². The number of rotatable bonds is 5. The van der Waals surface area contributed by atoms with Crippen LogP contribution in [-0.2, 0) is 11.2 Å². The molecule has 1 atom stereocenters. The fraction of sp³-hybridized carbons (Fsp3) is 0.389. The fourth-order valence-corrected chi connectivity index (χ4v) is 3.31. The van der Waals surface area contributed by atoms with Crippen molar-refractivity contribution in [2.75, 3.05) is 19.6 Å². The Morgan fingerprint density at radius 1 is 1.36 bits per heavy atom. The largest absolute Gasteiger partial charge is 0.352 e. The molecule has 0 aliphatic carbocycles. The predicted molar refractivity (Wildman–Crippen MR) is 95.4 cm³/mol. The number of benzene rings is 1. The highest BCUT2D eigenvalue weighted by molar-refractivity contribution is 6.33. The van der Waals surface area contributed by atoms with E-state index in [0.717, 1.165) is 25.1 Å². The van der Waals surface area contributed by atoms with Crippen molar-refractivity contribution in [2.45, 2.75) is 19.3 Å². The summed E-state index contributed by atoms with van der Waals surface area (Å²) in [4.78, 5) is 33.4. The van der Waals surface area contributed by atoms with Gasteiger partial charge in [-0.2, -0.15) is 0 Å². The van der Waals surface area contributed by atoms with E-state index >= 15 is 0 Å². The van der Waals surface area contributed by atoms with Crippen LogP contribution in [0.3, 0.4) is 0 Å². The molecule has 6 nitrogen and oxygen atoms in total. The number of carbonyl (C=O) groups excluding carboxylic acids is 2. The molecule has 0 spiro atoms. The summed E-state index contributed by atoms with van der Waals surface area (Å²) in [6, 6.07) is 6.99. The average Bonchev–Trinajstić information content (AvgIpc) is 3.13. The number of aromatic amines is 1. The van der Waals surface area contributed by atoms with Crippen molar-refractivity contribution in [1.29, 1.82) is 0 Å². The van der Waals surface area contributed by atoms with Gasteiger partial charge in [-0.25, -0.2) is 4.98 Å². The normalized spacial score (nSPS) is 17.3. The number of likely N-dealkylation sites (tertiary alicyclic amines) is 1. The number of carbonyl (C=O) groups is 2. The van der Waals surface area contributed by atoms with E-state index in [0.29, 0.717) is 30.1 Å². The Bertz CT molecular complexity index is 732. The van der Waals surface area contributed by atoms with Gasteiger partial charge < -0.3 is 15.2 Å². The van der Waals surface area contributed by atoms with Gasteiger partial charge in [0.05, 0.1) is 23.3 Å². The summed E-state index contributed by atoms with van der Waals surface area (Å²) in [5, 5.41) is 3.38. The van der Waals surface area contributed by atoms with E-state index in [1.807, 2.05) is 4.90 Å². The Balaban J connectivity index is 1.51. The lowest BCUT2D eigenvalue weighted by molar-refractivity contribution is -0.132. The lowest BCUT2D eigenvalue weighted by Crippen LogP contribution is -2.44. The number of nitrogens with one attached hydrogen (secondary N) is 2. The van der Waals surface area contributed by atoms with Crippen LogP contribution in [0.15, 0.2) is 36.8 Å². The first kappa shape index (κ1) is 17.5. The topological polar surface area (TPSA) is 78.1 Å². The third-order valence-electron chi connectivity index (χ3n) is 4.44. The minimum Gasteiger partial charge on any atom is -0.352 e. The van der Waals surface area contributed by atoms with Crippen LogP contribution in [0.25, 0.3) is 0 Å². The number of aromatic nitrogens is 2. The Labute approximate surface area is 151 Å². The molecule has 0 bridgehead atoms. The predicted octanol–water partition coefficient (Wildman–Crippen LogP) is 2.27. The molecule has 2 N–H and O–H groups in total. The van der Waals surface area contributed by atoms with Crippen LogP contribution >= 0.6 is 11.6 Å². The molecule has 2 amide bonds. The van der Waals surface area contributed by atoms with Crippen LogP contribution in [0.1, 0.15) is 28.9 Å². The van der Waals surface area contributed by atoms with Gasteiger partial charge in [-0.1, -0.05) is 23.7 Å². The van der Waals surface area contributed by atoms with Crippen molar-refractivity contribution in [3.63, 3.8) is 0 Å². The second kappa shape index (κ2) is 8.16. The van der Waals surface area contributed by atoms with E-state index in [2.05, 4.69) is 15.3 Å². The van der Waals surface area contributed by atoms with Gasteiger partial charge in [-0.3, -0.25) is 9.59 Å². The Kier molecular flexibility index (Phi) is 5.71. The van der Waals surface area contributed by atoms with Crippen LogP contribution < -0.4 is 5.32 Å². The average molecular weight is 361 g/mol. The van der Waals surface area contributed by atoms with E-state index in [4.69, 9.17) is 11.6 Å². The van der Waals surface area contributed by atoms with Gasteiger partial charge in [0, 0.05) is 31.5 Å². The van der Waals surface area contributed by atoms with Crippen LogP contribution in [0.4, 0.5) is 0 Å². The highest BCUT2D eigenvalue weighted by Crippen LogP contribution is 2.18. The third-order valence-corrected chi connectivity index (χ3v) is 4.77. The lowest BCUT2D eigenvalue weighted by Gasteiger charge is -2.33. The summed E-state index contributed by atoms with van der Waals surface area (Å²) >= 11 is 6.05. The van der Waals surface area contributed by atoms with Crippen molar-refractivity contribution < 1.29 is 9.59 Å². The maximum absolute atomic E-state index is 12.4. The Morgan fingerprint density at radius 3 is 2.96 bits per heavy atom. The van der Waals surface area contributed by atoms with Crippen LogP contribution in [-0.4, -0.2) is 46.3 Å². The summed E-state index contributed by atoms with van der Waals surface area (Å²) in [6.07, 6.45) is 5.52. The Hall–Kier alpha value is -2.34. The molecule has 0 saturated carbocycles. The summed E-state index contributed by atoms with van der Waals surface area (Å²) in [5.41, 5.74) is 1.30.